The van der Waals surface area contributed by atoms with E-state index in [1.165, 1.54) is 0 Å². The van der Waals surface area contributed by atoms with Gasteiger partial charge in [-0.3, -0.25) is 4.79 Å². The molecule has 0 heterocycles. The van der Waals surface area contributed by atoms with Gasteiger partial charge in [0.15, 0.2) is 0 Å². The summed E-state index contributed by atoms with van der Waals surface area (Å²) in [6.45, 7) is 10.9. The molecular formula is C29H52N6O5. The van der Waals surface area contributed by atoms with Crippen molar-refractivity contribution in [1.29, 1.82) is 0 Å². The summed E-state index contributed by atoms with van der Waals surface area (Å²) >= 11 is 0. The van der Waals surface area contributed by atoms with Crippen molar-refractivity contribution in [2.75, 3.05) is 45.8 Å². The molecule has 11 heteroatoms. The van der Waals surface area contributed by atoms with E-state index in [2.05, 4.69) is 26.6 Å². The number of carbonyl (C=O) groups excluding carboxylic acids is 3. The second kappa shape index (κ2) is 21.9. The Morgan fingerprint density at radius 3 is 2.02 bits per heavy atom. The molecule has 0 bridgehead atoms. The van der Waals surface area contributed by atoms with Gasteiger partial charge in [0.1, 0.15) is 18.2 Å². The third-order valence-corrected chi connectivity index (χ3v) is 5.75. The fraction of sp³-hybridized carbons (Fsp3) is 0.690. The number of amides is 3. The maximum Gasteiger partial charge on any atom is 0.408 e. The molecule has 0 radical (unpaired) electrons. The van der Waals surface area contributed by atoms with Gasteiger partial charge >= 0.3 is 12.2 Å². The first kappa shape index (κ1) is 35.1. The maximum absolute atomic E-state index is 12.8. The van der Waals surface area contributed by atoms with Crippen molar-refractivity contribution in [3.8, 4) is 0 Å². The largest absolute Gasteiger partial charge is 0.445 e. The topological polar surface area (TPSA) is 156 Å². The zero-order valence-electron chi connectivity index (χ0n) is 24.7. The fourth-order valence-corrected chi connectivity index (χ4v) is 3.68. The lowest BCUT2D eigenvalue weighted by Gasteiger charge is -2.23. The second-order valence-electron chi connectivity index (χ2n) is 10.7. The van der Waals surface area contributed by atoms with Crippen LogP contribution in [0, 0.1) is 0 Å². The van der Waals surface area contributed by atoms with E-state index in [-0.39, 0.29) is 12.5 Å². The van der Waals surface area contributed by atoms with E-state index in [0.717, 1.165) is 57.4 Å². The SMILES string of the molecule is CC(C)(C)OC(=O)N[C@H](CCCCNC(=O)OCc1ccccc1)C(=O)NCCCNCCCCNCCCN. The summed E-state index contributed by atoms with van der Waals surface area (Å²) in [7, 11) is 0. The molecule has 0 aliphatic heterocycles. The minimum Gasteiger partial charge on any atom is -0.445 e. The lowest BCUT2D eigenvalue weighted by molar-refractivity contribution is -0.123. The third kappa shape index (κ3) is 20.1. The maximum atomic E-state index is 12.8. The van der Waals surface area contributed by atoms with E-state index >= 15 is 0 Å². The molecule has 0 aromatic heterocycles. The molecule has 0 fully saturated rings. The van der Waals surface area contributed by atoms with E-state index in [1.807, 2.05) is 30.3 Å². The predicted octanol–water partition coefficient (Wildman–Crippen LogP) is 2.79. The number of alkyl carbamates (subject to hydrolysis) is 2. The molecule has 40 heavy (non-hydrogen) atoms. The van der Waals surface area contributed by atoms with Crippen LogP contribution in [0.15, 0.2) is 30.3 Å². The number of benzene rings is 1. The van der Waals surface area contributed by atoms with Crippen molar-refractivity contribution < 1.29 is 23.9 Å². The lowest BCUT2D eigenvalue weighted by atomic mass is 10.1. The van der Waals surface area contributed by atoms with Crippen LogP contribution in [0.1, 0.15) is 71.3 Å². The van der Waals surface area contributed by atoms with Crippen molar-refractivity contribution in [2.24, 2.45) is 5.73 Å². The molecule has 0 saturated carbocycles. The molecule has 7 N–H and O–H groups in total. The first-order valence-electron chi connectivity index (χ1n) is 14.5. The molecule has 11 nitrogen and oxygen atoms in total. The first-order chi connectivity index (χ1) is 19.2. The van der Waals surface area contributed by atoms with Gasteiger partial charge in [0.2, 0.25) is 5.91 Å². The molecular weight excluding hydrogens is 512 g/mol. The molecule has 1 aromatic carbocycles. The molecule has 228 valence electrons. The van der Waals surface area contributed by atoms with E-state index < -0.39 is 23.8 Å². The van der Waals surface area contributed by atoms with Gasteiger partial charge in [-0.1, -0.05) is 30.3 Å². The predicted molar refractivity (Wildman–Crippen MR) is 158 cm³/mol. The Morgan fingerprint density at radius 1 is 0.775 bits per heavy atom. The minimum absolute atomic E-state index is 0.206. The lowest BCUT2D eigenvalue weighted by Crippen LogP contribution is -2.48. The van der Waals surface area contributed by atoms with E-state index in [1.54, 1.807) is 20.8 Å². The van der Waals surface area contributed by atoms with Crippen LogP contribution >= 0.6 is 0 Å². The number of unbranched alkanes of at least 4 members (excludes halogenated alkanes) is 2. The van der Waals surface area contributed by atoms with Gasteiger partial charge < -0.3 is 41.8 Å². The number of ether oxygens (including phenoxy) is 2. The summed E-state index contributed by atoms with van der Waals surface area (Å²) in [6, 6.07) is 8.73. The van der Waals surface area contributed by atoms with Crippen LogP contribution in [0.5, 0.6) is 0 Å². The Morgan fingerprint density at radius 2 is 1.38 bits per heavy atom. The molecule has 1 atom stereocenters. The van der Waals surface area contributed by atoms with Crippen LogP contribution in [-0.4, -0.2) is 75.5 Å². The number of nitrogens with two attached hydrogens (primary N) is 1. The zero-order chi connectivity index (χ0) is 29.5. The number of rotatable bonds is 21. The highest BCUT2D eigenvalue weighted by molar-refractivity contribution is 5.85. The van der Waals surface area contributed by atoms with Crippen molar-refractivity contribution in [3.05, 3.63) is 35.9 Å². The Hall–Kier alpha value is -2.89. The Balaban J connectivity index is 2.28. The highest BCUT2D eigenvalue weighted by Gasteiger charge is 2.23. The van der Waals surface area contributed by atoms with Crippen LogP contribution in [0.2, 0.25) is 0 Å². The number of hydrogen-bond acceptors (Lipinski definition) is 8. The minimum atomic E-state index is -0.723. The molecule has 3 amide bonds. The van der Waals surface area contributed by atoms with Crippen LogP contribution < -0.4 is 32.3 Å². The second-order valence-corrected chi connectivity index (χ2v) is 10.7. The number of nitrogens with one attached hydrogen (secondary N) is 5. The molecule has 1 aromatic rings. The summed E-state index contributed by atoms with van der Waals surface area (Å²) in [5, 5.41) is 15.1. The van der Waals surface area contributed by atoms with Crippen LogP contribution in [0.3, 0.4) is 0 Å². The normalized spacial score (nSPS) is 11.9. The fourth-order valence-electron chi connectivity index (χ4n) is 3.68. The van der Waals surface area contributed by atoms with E-state index in [9.17, 15) is 14.4 Å². The quantitative estimate of drug-likeness (QED) is 0.125. The van der Waals surface area contributed by atoms with Crippen LogP contribution in [0.25, 0.3) is 0 Å². The summed E-state index contributed by atoms with van der Waals surface area (Å²) in [5.41, 5.74) is 5.72. The van der Waals surface area contributed by atoms with Crippen molar-refractivity contribution in [3.63, 3.8) is 0 Å². The van der Waals surface area contributed by atoms with Crippen molar-refractivity contribution in [1.82, 2.24) is 26.6 Å². The molecule has 1 rings (SSSR count). The standard InChI is InChI=1S/C29H52N6O5/c1-29(2,3)40-28(38)35-25(15-7-8-21-34-27(37)39-23-24-13-5-4-6-14-24)26(36)33-22-12-20-32-18-10-9-17-31-19-11-16-30/h4-6,13-14,25,31-32H,7-12,15-23,30H2,1-3H3,(H,33,36)(H,34,37)(H,35,38)/t25-/m1/s1. The van der Waals surface area contributed by atoms with Gasteiger partial charge in [-0.2, -0.15) is 0 Å². The average molecular weight is 565 g/mol. The first-order valence-corrected chi connectivity index (χ1v) is 14.5. The van der Waals surface area contributed by atoms with Crippen LogP contribution in [-0.2, 0) is 20.9 Å². The molecule has 0 spiro atoms. The van der Waals surface area contributed by atoms with E-state index in [4.69, 9.17) is 15.2 Å². The Kier molecular flexibility index (Phi) is 19.2. The van der Waals surface area contributed by atoms with Gasteiger partial charge in [-0.25, -0.2) is 9.59 Å². The monoisotopic (exact) mass is 564 g/mol. The van der Waals surface area contributed by atoms with Gasteiger partial charge in [-0.15, -0.1) is 0 Å². The summed E-state index contributed by atoms with van der Waals surface area (Å²) in [4.78, 5) is 37.0. The van der Waals surface area contributed by atoms with E-state index in [0.29, 0.717) is 38.9 Å². The highest BCUT2D eigenvalue weighted by Crippen LogP contribution is 2.08. The average Bonchev–Trinajstić information content (AvgIpc) is 2.91. The Labute approximate surface area is 240 Å². The summed E-state index contributed by atoms with van der Waals surface area (Å²) in [6.07, 6.45) is 4.54. The molecule has 0 aliphatic rings. The number of carbonyl (C=O) groups is 3. The Bertz CT molecular complexity index is 819. The van der Waals surface area contributed by atoms with Crippen molar-refractivity contribution >= 4 is 18.1 Å². The smallest absolute Gasteiger partial charge is 0.408 e. The van der Waals surface area contributed by atoms with Gasteiger partial charge in [0, 0.05) is 13.1 Å². The molecule has 0 unspecified atom stereocenters. The third-order valence-electron chi connectivity index (χ3n) is 5.75. The van der Waals surface area contributed by atoms with Crippen molar-refractivity contribution in [2.45, 2.75) is 84.0 Å². The van der Waals surface area contributed by atoms with Gasteiger partial charge in [-0.05, 0) is 104 Å². The molecule has 0 aliphatic carbocycles. The van der Waals surface area contributed by atoms with Gasteiger partial charge in [0.25, 0.3) is 0 Å². The summed E-state index contributed by atoms with van der Waals surface area (Å²) < 4.78 is 10.5. The van der Waals surface area contributed by atoms with Crippen LogP contribution in [0.4, 0.5) is 9.59 Å². The van der Waals surface area contributed by atoms with Gasteiger partial charge in [0.05, 0.1) is 0 Å². The summed E-state index contributed by atoms with van der Waals surface area (Å²) in [5.74, 6) is -0.246. The zero-order valence-corrected chi connectivity index (χ0v) is 24.7. The number of hydrogen-bond donors (Lipinski definition) is 6. The molecule has 0 saturated heterocycles. The highest BCUT2D eigenvalue weighted by atomic mass is 16.6.